The summed E-state index contributed by atoms with van der Waals surface area (Å²) in [5.41, 5.74) is 0.318. The Morgan fingerprint density at radius 2 is 1.67 bits per heavy atom. The molecule has 0 spiro atoms. The molecule has 0 aliphatic carbocycles. The minimum atomic E-state index is -3.52. The highest BCUT2D eigenvalue weighted by Crippen LogP contribution is 2.21. The molecule has 2 N–H and O–H groups in total. The van der Waals surface area contributed by atoms with Gasteiger partial charge in [0.25, 0.3) is 5.91 Å². The number of hydrogen-bond donors (Lipinski definition) is 2. The van der Waals surface area contributed by atoms with Crippen LogP contribution >= 0.6 is 0 Å². The molecule has 0 aliphatic heterocycles. The Balaban J connectivity index is 2.31. The summed E-state index contributed by atoms with van der Waals surface area (Å²) in [4.78, 5) is 36.2. The van der Waals surface area contributed by atoms with E-state index in [0.717, 1.165) is 12.3 Å². The number of ether oxygens (including phenoxy) is 1. The van der Waals surface area contributed by atoms with E-state index in [-0.39, 0.29) is 10.5 Å². The van der Waals surface area contributed by atoms with Crippen molar-refractivity contribution in [2.45, 2.75) is 11.0 Å². The fraction of sp³-hybridized carbons (Fsp3) is 0.167. The van der Waals surface area contributed by atoms with Crippen LogP contribution in [0.15, 0.2) is 59.5 Å². The fourth-order valence-corrected chi connectivity index (χ4v) is 2.84. The third-order valence-electron chi connectivity index (χ3n) is 3.53. The second kappa shape index (κ2) is 8.45. The predicted molar refractivity (Wildman–Crippen MR) is 96.7 cm³/mol. The van der Waals surface area contributed by atoms with Gasteiger partial charge in [-0.15, -0.1) is 0 Å². The second-order valence-corrected chi connectivity index (χ2v) is 7.58. The van der Waals surface area contributed by atoms with Gasteiger partial charge in [-0.1, -0.05) is 36.4 Å². The van der Waals surface area contributed by atoms with Gasteiger partial charge in [-0.3, -0.25) is 10.1 Å². The lowest BCUT2D eigenvalue weighted by Gasteiger charge is -2.17. The summed E-state index contributed by atoms with van der Waals surface area (Å²) in [5.74, 6) is -1.74. The van der Waals surface area contributed by atoms with Crippen molar-refractivity contribution in [3.8, 4) is 0 Å². The smallest absolute Gasteiger partial charge is 0.339 e. The number of carbonyl (C=O) groups excluding carboxylic acids is 3. The largest absolute Gasteiger partial charge is 0.444 e. The number of rotatable bonds is 5. The molecule has 0 saturated heterocycles. The summed E-state index contributed by atoms with van der Waals surface area (Å²) in [5, 5.41) is 4.29. The number of urea groups is 1. The first-order valence-corrected chi connectivity index (χ1v) is 9.70. The van der Waals surface area contributed by atoms with E-state index in [1.54, 1.807) is 30.3 Å². The summed E-state index contributed by atoms with van der Waals surface area (Å²) < 4.78 is 28.6. The number of carbonyl (C=O) groups is 3. The lowest BCUT2D eigenvalue weighted by molar-refractivity contribution is -0.129. The number of esters is 1. The molecule has 1 unspecified atom stereocenters. The van der Waals surface area contributed by atoms with Crippen LogP contribution in [0.4, 0.5) is 4.79 Å². The van der Waals surface area contributed by atoms with Crippen LogP contribution in [-0.4, -0.2) is 39.6 Å². The zero-order valence-corrected chi connectivity index (χ0v) is 15.4. The normalized spacial score (nSPS) is 11.9. The minimum Gasteiger partial charge on any atom is -0.444 e. The van der Waals surface area contributed by atoms with Gasteiger partial charge < -0.3 is 10.1 Å². The predicted octanol–water partition coefficient (Wildman–Crippen LogP) is 1.44. The van der Waals surface area contributed by atoms with Crippen molar-refractivity contribution >= 4 is 27.7 Å². The van der Waals surface area contributed by atoms with E-state index in [9.17, 15) is 22.8 Å². The molecule has 0 heterocycles. The van der Waals surface area contributed by atoms with Crippen LogP contribution in [-0.2, 0) is 19.4 Å². The molecule has 0 saturated carbocycles. The molecule has 27 heavy (non-hydrogen) atoms. The van der Waals surface area contributed by atoms with Crippen LogP contribution in [0.25, 0.3) is 0 Å². The number of imide groups is 1. The maximum Gasteiger partial charge on any atom is 0.339 e. The first-order chi connectivity index (χ1) is 12.7. The second-order valence-electron chi connectivity index (χ2n) is 5.56. The third kappa shape index (κ3) is 5.38. The van der Waals surface area contributed by atoms with Crippen molar-refractivity contribution in [2.75, 3.05) is 13.3 Å². The molecule has 0 aromatic heterocycles. The fourth-order valence-electron chi connectivity index (χ4n) is 2.17. The molecule has 0 radical (unpaired) electrons. The molecular weight excluding hydrogens is 372 g/mol. The van der Waals surface area contributed by atoms with Crippen molar-refractivity contribution < 1.29 is 27.5 Å². The summed E-state index contributed by atoms with van der Waals surface area (Å²) in [6, 6.07) is 12.7. The van der Waals surface area contributed by atoms with Gasteiger partial charge in [-0.25, -0.2) is 18.0 Å². The minimum absolute atomic E-state index is 0.0356. The first-order valence-electron chi connectivity index (χ1n) is 7.81. The molecule has 142 valence electrons. The zero-order chi connectivity index (χ0) is 20.0. The van der Waals surface area contributed by atoms with Crippen LogP contribution in [0.2, 0.25) is 0 Å². The highest BCUT2D eigenvalue weighted by molar-refractivity contribution is 7.90. The Kier molecular flexibility index (Phi) is 6.30. The van der Waals surface area contributed by atoms with E-state index in [4.69, 9.17) is 4.74 Å². The topological polar surface area (TPSA) is 119 Å². The van der Waals surface area contributed by atoms with Crippen molar-refractivity contribution in [1.82, 2.24) is 10.6 Å². The van der Waals surface area contributed by atoms with Gasteiger partial charge >= 0.3 is 12.0 Å². The van der Waals surface area contributed by atoms with E-state index >= 15 is 0 Å². The lowest BCUT2D eigenvalue weighted by atomic mass is 10.1. The molecule has 2 aromatic rings. The standard InChI is InChI=1S/C18H18N2O6S/c1-19-18(23)20-16(21)15(12-7-4-3-5-8-12)26-17(22)13-9-6-10-14(11-13)27(2,24)25/h3-11,15H,1-2H3,(H2,19,20,21,23). The van der Waals surface area contributed by atoms with E-state index in [1.807, 2.05) is 0 Å². The van der Waals surface area contributed by atoms with Crippen molar-refractivity contribution in [3.05, 3.63) is 65.7 Å². The summed E-state index contributed by atoms with van der Waals surface area (Å²) in [7, 11) is -2.18. The quantitative estimate of drug-likeness (QED) is 0.746. The van der Waals surface area contributed by atoms with Crippen LogP contribution in [0.5, 0.6) is 0 Å². The molecule has 8 nitrogen and oxygen atoms in total. The number of amides is 3. The molecule has 0 bridgehead atoms. The zero-order valence-electron chi connectivity index (χ0n) is 14.6. The van der Waals surface area contributed by atoms with E-state index in [1.165, 1.54) is 25.2 Å². The van der Waals surface area contributed by atoms with E-state index in [2.05, 4.69) is 10.6 Å². The molecule has 0 aliphatic rings. The number of sulfone groups is 1. The molecule has 3 amide bonds. The average molecular weight is 390 g/mol. The van der Waals surface area contributed by atoms with Crippen molar-refractivity contribution in [1.29, 1.82) is 0 Å². The molecule has 2 aromatic carbocycles. The third-order valence-corrected chi connectivity index (χ3v) is 4.64. The van der Waals surface area contributed by atoms with Gasteiger partial charge in [0.05, 0.1) is 10.5 Å². The average Bonchev–Trinajstić information content (AvgIpc) is 2.65. The van der Waals surface area contributed by atoms with Gasteiger partial charge in [-0.05, 0) is 18.2 Å². The maximum atomic E-state index is 12.5. The van der Waals surface area contributed by atoms with Gasteiger partial charge in [0.15, 0.2) is 9.84 Å². The van der Waals surface area contributed by atoms with Crippen LogP contribution in [0.1, 0.15) is 22.0 Å². The van der Waals surface area contributed by atoms with Gasteiger partial charge in [-0.2, -0.15) is 0 Å². The van der Waals surface area contributed by atoms with Crippen molar-refractivity contribution in [2.24, 2.45) is 0 Å². The lowest BCUT2D eigenvalue weighted by Crippen LogP contribution is -2.41. The SMILES string of the molecule is CNC(=O)NC(=O)C(OC(=O)c1cccc(S(C)(=O)=O)c1)c1ccccc1. The Bertz CT molecular complexity index is 957. The van der Waals surface area contributed by atoms with Crippen LogP contribution in [0, 0.1) is 0 Å². The van der Waals surface area contributed by atoms with Crippen LogP contribution in [0.3, 0.4) is 0 Å². The Labute approximate surface area is 156 Å². The molecular formula is C18H18N2O6S. The number of benzene rings is 2. The Morgan fingerprint density at radius 3 is 2.26 bits per heavy atom. The van der Waals surface area contributed by atoms with Gasteiger partial charge in [0.1, 0.15) is 0 Å². The summed E-state index contributed by atoms with van der Waals surface area (Å²) in [6.45, 7) is 0. The van der Waals surface area contributed by atoms with Gasteiger partial charge in [0, 0.05) is 18.9 Å². The molecule has 1 atom stereocenters. The van der Waals surface area contributed by atoms with E-state index < -0.39 is 33.8 Å². The molecule has 2 rings (SSSR count). The highest BCUT2D eigenvalue weighted by atomic mass is 32.2. The monoisotopic (exact) mass is 390 g/mol. The number of hydrogen-bond acceptors (Lipinski definition) is 6. The van der Waals surface area contributed by atoms with Crippen molar-refractivity contribution in [3.63, 3.8) is 0 Å². The Morgan fingerprint density at radius 1 is 1.00 bits per heavy atom. The Hall–Kier alpha value is -3.20. The summed E-state index contributed by atoms with van der Waals surface area (Å²) >= 11 is 0. The van der Waals surface area contributed by atoms with Gasteiger partial charge in [0.2, 0.25) is 6.10 Å². The van der Waals surface area contributed by atoms with Crippen LogP contribution < -0.4 is 10.6 Å². The highest BCUT2D eigenvalue weighted by Gasteiger charge is 2.27. The van der Waals surface area contributed by atoms with E-state index in [0.29, 0.717) is 5.56 Å². The maximum absolute atomic E-state index is 12.5. The number of nitrogens with one attached hydrogen (secondary N) is 2. The summed E-state index contributed by atoms with van der Waals surface area (Å²) in [6.07, 6.45) is -0.376. The molecule has 9 heteroatoms. The first kappa shape index (κ1) is 20.1. The molecule has 0 fully saturated rings.